The highest BCUT2D eigenvalue weighted by Gasteiger charge is 2.27. The Morgan fingerprint density at radius 3 is 2.24 bits per heavy atom. The highest BCUT2D eigenvalue weighted by Crippen LogP contribution is 2.19. The number of piperidine rings is 1. The summed E-state index contributed by atoms with van der Waals surface area (Å²) in [7, 11) is 6.16. The van der Waals surface area contributed by atoms with Crippen LogP contribution in [0.4, 0.5) is 0 Å². The molecular weight excluding hydrogens is 310 g/mol. The molecular formula is C20H43N5. The van der Waals surface area contributed by atoms with Crippen molar-refractivity contribution < 1.29 is 0 Å². The van der Waals surface area contributed by atoms with Crippen LogP contribution in [-0.2, 0) is 0 Å². The Kier molecular flexibility index (Phi) is 11.1. The molecule has 25 heavy (non-hydrogen) atoms. The number of likely N-dealkylation sites (tertiary alicyclic amines) is 1. The first kappa shape index (κ1) is 22.2. The van der Waals surface area contributed by atoms with Crippen LogP contribution in [0.25, 0.3) is 0 Å². The molecule has 1 aliphatic heterocycles. The molecule has 0 spiro atoms. The number of nitrogens with zero attached hydrogens (tertiary/aromatic N) is 3. The highest BCUT2D eigenvalue weighted by atomic mass is 15.2. The summed E-state index contributed by atoms with van der Waals surface area (Å²) >= 11 is 0. The van der Waals surface area contributed by atoms with E-state index < -0.39 is 0 Å². The quantitative estimate of drug-likeness (QED) is 0.340. The summed E-state index contributed by atoms with van der Waals surface area (Å²) in [5.41, 5.74) is 0.185. The molecule has 5 heteroatoms. The molecule has 1 aliphatic rings. The van der Waals surface area contributed by atoms with Crippen molar-refractivity contribution >= 4 is 5.96 Å². The van der Waals surface area contributed by atoms with Crippen LogP contribution in [0, 0.1) is 0 Å². The van der Waals surface area contributed by atoms with E-state index in [1.54, 1.807) is 0 Å². The largest absolute Gasteiger partial charge is 0.356 e. The molecule has 0 saturated carbocycles. The Labute approximate surface area is 156 Å². The van der Waals surface area contributed by atoms with Crippen molar-refractivity contribution in [2.24, 2.45) is 4.99 Å². The Morgan fingerprint density at radius 2 is 1.60 bits per heavy atom. The maximum Gasteiger partial charge on any atom is 0.191 e. The van der Waals surface area contributed by atoms with Gasteiger partial charge >= 0.3 is 0 Å². The molecule has 148 valence electrons. The lowest BCUT2D eigenvalue weighted by Crippen LogP contribution is -2.54. The van der Waals surface area contributed by atoms with E-state index in [1.165, 1.54) is 71.0 Å². The fourth-order valence-corrected chi connectivity index (χ4v) is 3.42. The van der Waals surface area contributed by atoms with E-state index >= 15 is 0 Å². The van der Waals surface area contributed by atoms with Crippen molar-refractivity contribution in [3.8, 4) is 0 Å². The van der Waals surface area contributed by atoms with E-state index in [1.807, 2.05) is 7.05 Å². The SMILES string of the molecule is CN=C(NCCCCCCCN(C)C)NCC(C)(C)N1CCCCC1. The number of hydrogen-bond acceptors (Lipinski definition) is 3. The third kappa shape index (κ3) is 10.0. The summed E-state index contributed by atoms with van der Waals surface area (Å²) < 4.78 is 0. The minimum Gasteiger partial charge on any atom is -0.356 e. The molecule has 1 saturated heterocycles. The van der Waals surface area contributed by atoms with Gasteiger partial charge in [0, 0.05) is 25.7 Å². The third-order valence-corrected chi connectivity index (χ3v) is 5.20. The molecule has 1 heterocycles. The molecule has 0 atom stereocenters. The van der Waals surface area contributed by atoms with Gasteiger partial charge in [-0.05, 0) is 73.3 Å². The Hall–Kier alpha value is -0.810. The summed E-state index contributed by atoms with van der Waals surface area (Å²) in [6.45, 7) is 10.3. The predicted octanol–water partition coefficient (Wildman–Crippen LogP) is 2.93. The first-order valence-corrected chi connectivity index (χ1v) is 10.3. The smallest absolute Gasteiger partial charge is 0.191 e. The number of aliphatic imine (C=N–C) groups is 1. The molecule has 0 unspecified atom stereocenters. The van der Waals surface area contributed by atoms with Gasteiger partial charge in [-0.25, -0.2) is 0 Å². The Bertz CT molecular complexity index is 359. The van der Waals surface area contributed by atoms with Crippen molar-refractivity contribution in [2.75, 3.05) is 53.9 Å². The molecule has 0 aromatic carbocycles. The number of unbranched alkanes of at least 4 members (excludes halogenated alkanes) is 4. The number of nitrogens with one attached hydrogen (secondary N) is 2. The van der Waals surface area contributed by atoms with Gasteiger partial charge in [0.15, 0.2) is 5.96 Å². The van der Waals surface area contributed by atoms with Gasteiger partial charge in [-0.1, -0.05) is 25.7 Å². The second-order valence-electron chi connectivity index (χ2n) is 8.28. The molecule has 5 nitrogen and oxygen atoms in total. The molecule has 0 aromatic heterocycles. The highest BCUT2D eigenvalue weighted by molar-refractivity contribution is 5.79. The lowest BCUT2D eigenvalue weighted by molar-refractivity contribution is 0.0982. The molecule has 1 fully saturated rings. The zero-order valence-electron chi connectivity index (χ0n) is 17.5. The van der Waals surface area contributed by atoms with E-state index in [-0.39, 0.29) is 5.54 Å². The average Bonchev–Trinajstić information content (AvgIpc) is 2.60. The number of rotatable bonds is 11. The number of hydrogen-bond donors (Lipinski definition) is 2. The van der Waals surface area contributed by atoms with E-state index in [4.69, 9.17) is 0 Å². The van der Waals surface area contributed by atoms with Gasteiger partial charge in [0.1, 0.15) is 0 Å². The van der Waals surface area contributed by atoms with Crippen LogP contribution >= 0.6 is 0 Å². The molecule has 0 radical (unpaired) electrons. The van der Waals surface area contributed by atoms with E-state index in [0.29, 0.717) is 0 Å². The van der Waals surface area contributed by atoms with Crippen LogP contribution in [0.3, 0.4) is 0 Å². The van der Waals surface area contributed by atoms with Crippen LogP contribution < -0.4 is 10.6 Å². The summed E-state index contributed by atoms with van der Waals surface area (Å²) in [6, 6.07) is 0. The van der Waals surface area contributed by atoms with Crippen LogP contribution in [0.2, 0.25) is 0 Å². The summed E-state index contributed by atoms with van der Waals surface area (Å²) in [5, 5.41) is 6.99. The summed E-state index contributed by atoms with van der Waals surface area (Å²) in [4.78, 5) is 9.26. The van der Waals surface area contributed by atoms with Crippen molar-refractivity contribution in [2.45, 2.75) is 70.8 Å². The van der Waals surface area contributed by atoms with Gasteiger partial charge in [0.05, 0.1) is 0 Å². The van der Waals surface area contributed by atoms with Crippen molar-refractivity contribution in [3.05, 3.63) is 0 Å². The maximum absolute atomic E-state index is 4.37. The first-order chi connectivity index (χ1) is 12.0. The lowest BCUT2D eigenvalue weighted by atomic mass is 9.98. The third-order valence-electron chi connectivity index (χ3n) is 5.20. The van der Waals surface area contributed by atoms with Crippen LogP contribution in [0.5, 0.6) is 0 Å². The van der Waals surface area contributed by atoms with Gasteiger partial charge < -0.3 is 15.5 Å². The second-order valence-corrected chi connectivity index (χ2v) is 8.28. The van der Waals surface area contributed by atoms with E-state index in [0.717, 1.165) is 19.0 Å². The molecule has 0 aliphatic carbocycles. The zero-order chi connectivity index (χ0) is 18.5. The molecule has 0 amide bonds. The lowest BCUT2D eigenvalue weighted by Gasteiger charge is -2.41. The van der Waals surface area contributed by atoms with Gasteiger partial charge in [-0.2, -0.15) is 0 Å². The van der Waals surface area contributed by atoms with Gasteiger partial charge in [0.25, 0.3) is 0 Å². The maximum atomic E-state index is 4.37. The minimum atomic E-state index is 0.185. The fourth-order valence-electron chi connectivity index (χ4n) is 3.42. The van der Waals surface area contributed by atoms with Crippen molar-refractivity contribution in [3.63, 3.8) is 0 Å². The monoisotopic (exact) mass is 353 g/mol. The van der Waals surface area contributed by atoms with Gasteiger partial charge in [-0.3, -0.25) is 9.89 Å². The topological polar surface area (TPSA) is 42.9 Å². The minimum absolute atomic E-state index is 0.185. The van der Waals surface area contributed by atoms with Crippen LogP contribution in [-0.4, -0.2) is 75.2 Å². The first-order valence-electron chi connectivity index (χ1n) is 10.3. The fraction of sp³-hybridized carbons (Fsp3) is 0.950. The Balaban J connectivity index is 2.11. The summed E-state index contributed by atoms with van der Waals surface area (Å²) in [6.07, 6.45) is 10.6. The second kappa shape index (κ2) is 12.5. The zero-order valence-corrected chi connectivity index (χ0v) is 17.5. The van der Waals surface area contributed by atoms with Gasteiger partial charge in [-0.15, -0.1) is 0 Å². The van der Waals surface area contributed by atoms with E-state index in [9.17, 15) is 0 Å². The van der Waals surface area contributed by atoms with Crippen LogP contribution in [0.15, 0.2) is 4.99 Å². The molecule has 1 rings (SSSR count). The average molecular weight is 354 g/mol. The normalized spacial score (nSPS) is 17.1. The Morgan fingerprint density at radius 1 is 0.960 bits per heavy atom. The summed E-state index contributed by atoms with van der Waals surface area (Å²) in [5.74, 6) is 0.942. The van der Waals surface area contributed by atoms with E-state index in [2.05, 4.69) is 53.4 Å². The molecule has 2 N–H and O–H groups in total. The van der Waals surface area contributed by atoms with Gasteiger partial charge in [0.2, 0.25) is 0 Å². The molecule has 0 bridgehead atoms. The van der Waals surface area contributed by atoms with Crippen molar-refractivity contribution in [1.29, 1.82) is 0 Å². The molecule has 0 aromatic rings. The number of guanidine groups is 1. The van der Waals surface area contributed by atoms with Crippen molar-refractivity contribution in [1.82, 2.24) is 20.4 Å². The standard InChI is InChI=1S/C20H43N5/c1-20(2,25-16-12-9-13-17-25)18-23-19(21-3)22-14-10-7-6-8-11-15-24(4)5/h6-18H2,1-5H3,(H2,21,22,23). The predicted molar refractivity (Wildman–Crippen MR) is 111 cm³/mol. The van der Waals surface area contributed by atoms with Crippen LogP contribution in [0.1, 0.15) is 65.2 Å².